The third-order valence-electron chi connectivity index (χ3n) is 5.99. The van der Waals surface area contributed by atoms with Crippen LogP contribution in [0.15, 0.2) is 78.9 Å². The van der Waals surface area contributed by atoms with Crippen LogP contribution in [0, 0.1) is 28.1 Å². The lowest BCUT2D eigenvalue weighted by Crippen LogP contribution is -2.42. The highest BCUT2D eigenvalue weighted by Gasteiger charge is 2.33. The Kier molecular flexibility index (Phi) is 7.70. The number of halogens is 1. The van der Waals surface area contributed by atoms with E-state index in [-0.39, 0.29) is 18.0 Å². The van der Waals surface area contributed by atoms with Crippen LogP contribution in [0.2, 0.25) is 5.02 Å². The average molecular weight is 442 g/mol. The fraction of sp³-hybridized carbons (Fsp3) is 0.286. The van der Waals surface area contributed by atoms with Gasteiger partial charge in [0.15, 0.2) is 0 Å². The van der Waals surface area contributed by atoms with Crippen LogP contribution in [0.3, 0.4) is 0 Å². The number of nitrogens with one attached hydrogen (secondary N) is 1. The number of benzene rings is 3. The summed E-state index contributed by atoms with van der Waals surface area (Å²) in [6.07, 6.45) is 0.786. The van der Waals surface area contributed by atoms with Gasteiger partial charge in [0.25, 0.3) is 0 Å². The number of rotatable bonds is 8. The first-order chi connectivity index (χ1) is 15.3. The van der Waals surface area contributed by atoms with E-state index in [9.17, 15) is 10.5 Å². The summed E-state index contributed by atoms with van der Waals surface area (Å²) in [4.78, 5) is 0. The zero-order chi connectivity index (χ0) is 23.1. The molecule has 3 aromatic carbocycles. The number of hydrogen-bond acceptors (Lipinski definition) is 3. The molecule has 0 aliphatic carbocycles. The molecule has 0 heterocycles. The summed E-state index contributed by atoms with van der Waals surface area (Å²) in [6, 6.07) is 30.4. The van der Waals surface area contributed by atoms with Crippen molar-refractivity contribution in [3.63, 3.8) is 0 Å². The Morgan fingerprint density at radius 3 is 2.19 bits per heavy atom. The van der Waals surface area contributed by atoms with E-state index in [1.54, 1.807) is 0 Å². The van der Waals surface area contributed by atoms with E-state index in [4.69, 9.17) is 11.6 Å². The largest absolute Gasteiger partial charge is 0.305 e. The van der Waals surface area contributed by atoms with E-state index in [1.165, 1.54) is 5.56 Å². The summed E-state index contributed by atoms with van der Waals surface area (Å²) in [5, 5.41) is 23.8. The Morgan fingerprint density at radius 1 is 0.906 bits per heavy atom. The van der Waals surface area contributed by atoms with Gasteiger partial charge >= 0.3 is 0 Å². The second-order valence-corrected chi connectivity index (χ2v) is 9.24. The van der Waals surface area contributed by atoms with Crippen molar-refractivity contribution in [1.82, 2.24) is 5.32 Å². The third kappa shape index (κ3) is 5.77. The third-order valence-corrected chi connectivity index (χ3v) is 6.24. The van der Waals surface area contributed by atoms with E-state index in [0.717, 1.165) is 17.5 Å². The van der Waals surface area contributed by atoms with Crippen molar-refractivity contribution < 1.29 is 0 Å². The van der Waals surface area contributed by atoms with Gasteiger partial charge in [-0.15, -0.1) is 0 Å². The molecule has 0 spiro atoms. The van der Waals surface area contributed by atoms with Crippen molar-refractivity contribution in [3.05, 3.63) is 106 Å². The first kappa shape index (κ1) is 23.6. The normalized spacial score (nSPS) is 14.1. The highest BCUT2D eigenvalue weighted by molar-refractivity contribution is 6.30. The van der Waals surface area contributed by atoms with Crippen LogP contribution in [0.5, 0.6) is 0 Å². The predicted molar refractivity (Wildman–Crippen MR) is 130 cm³/mol. The molecule has 4 heteroatoms. The van der Waals surface area contributed by atoms with Crippen molar-refractivity contribution in [1.29, 1.82) is 10.5 Å². The smallest absolute Gasteiger partial charge is 0.0991 e. The number of hydrogen-bond donors (Lipinski definition) is 1. The molecule has 1 unspecified atom stereocenters. The van der Waals surface area contributed by atoms with E-state index >= 15 is 0 Å². The quantitative estimate of drug-likeness (QED) is 0.417. The van der Waals surface area contributed by atoms with Gasteiger partial charge in [0.05, 0.1) is 29.2 Å². The van der Waals surface area contributed by atoms with Crippen LogP contribution in [0.4, 0.5) is 0 Å². The standard InChI is InChI=1S/C28H28ClN3/c1-20(32-27(28(2,3)19-31)23-9-5-4-6-10-23)26(17-21-12-14-25(29)15-13-21)24-11-7-8-22(16-24)18-30/h4-16,20,26-27,32H,17H2,1-3H3/t20-,26+,27?/m0/s1. The summed E-state index contributed by atoms with van der Waals surface area (Å²) in [5.74, 6) is 0.102. The second-order valence-electron chi connectivity index (χ2n) is 8.81. The van der Waals surface area contributed by atoms with Crippen LogP contribution < -0.4 is 5.32 Å². The Bertz CT molecular complexity index is 1110. The Balaban J connectivity index is 1.97. The lowest BCUT2D eigenvalue weighted by atomic mass is 9.79. The first-order valence-corrected chi connectivity index (χ1v) is 11.2. The maximum absolute atomic E-state index is 9.89. The molecule has 0 aliphatic rings. The monoisotopic (exact) mass is 441 g/mol. The molecule has 0 fully saturated rings. The minimum absolute atomic E-state index is 0.0393. The van der Waals surface area contributed by atoms with Gasteiger partial charge in [0, 0.05) is 17.0 Å². The SMILES string of the molecule is C[C@H](NC(c1ccccc1)C(C)(C)C#N)[C@@H](Cc1ccc(Cl)cc1)c1cccc(C#N)c1. The van der Waals surface area contributed by atoms with Crippen molar-refractivity contribution in [3.8, 4) is 12.1 Å². The molecule has 0 saturated heterocycles. The van der Waals surface area contributed by atoms with Crippen LogP contribution in [0.25, 0.3) is 0 Å². The van der Waals surface area contributed by atoms with Crippen molar-refractivity contribution in [2.75, 3.05) is 0 Å². The Labute approximate surface area is 196 Å². The van der Waals surface area contributed by atoms with Crippen LogP contribution >= 0.6 is 11.6 Å². The fourth-order valence-corrected chi connectivity index (χ4v) is 4.23. The van der Waals surface area contributed by atoms with Crippen LogP contribution in [-0.2, 0) is 6.42 Å². The second kappa shape index (κ2) is 10.5. The van der Waals surface area contributed by atoms with E-state index in [1.807, 2.05) is 74.5 Å². The highest BCUT2D eigenvalue weighted by Crippen LogP contribution is 2.35. The molecule has 3 atom stereocenters. The van der Waals surface area contributed by atoms with Gasteiger partial charge in [-0.25, -0.2) is 0 Å². The molecule has 32 heavy (non-hydrogen) atoms. The molecular weight excluding hydrogens is 414 g/mol. The molecule has 0 amide bonds. The predicted octanol–water partition coefficient (Wildman–Crippen LogP) is 6.81. The summed E-state index contributed by atoms with van der Waals surface area (Å²) >= 11 is 6.09. The van der Waals surface area contributed by atoms with Gasteiger partial charge < -0.3 is 5.32 Å². The van der Waals surface area contributed by atoms with Gasteiger partial charge in [-0.3, -0.25) is 0 Å². The van der Waals surface area contributed by atoms with Crippen LogP contribution in [0.1, 0.15) is 55.0 Å². The van der Waals surface area contributed by atoms with Crippen molar-refractivity contribution in [2.45, 2.75) is 45.2 Å². The van der Waals surface area contributed by atoms with E-state index < -0.39 is 5.41 Å². The Morgan fingerprint density at radius 2 is 1.56 bits per heavy atom. The highest BCUT2D eigenvalue weighted by atomic mass is 35.5. The van der Waals surface area contributed by atoms with Gasteiger partial charge in [-0.05, 0) is 68.1 Å². The van der Waals surface area contributed by atoms with Gasteiger partial charge in [0.1, 0.15) is 0 Å². The zero-order valence-corrected chi connectivity index (χ0v) is 19.5. The van der Waals surface area contributed by atoms with Crippen molar-refractivity contribution >= 4 is 11.6 Å². The molecule has 0 saturated carbocycles. The lowest BCUT2D eigenvalue weighted by Gasteiger charge is -2.35. The molecule has 0 aromatic heterocycles. The summed E-state index contributed by atoms with van der Waals surface area (Å²) in [5.41, 5.74) is 3.40. The molecule has 0 radical (unpaired) electrons. The molecule has 162 valence electrons. The minimum Gasteiger partial charge on any atom is -0.305 e. The zero-order valence-electron chi connectivity index (χ0n) is 18.7. The maximum Gasteiger partial charge on any atom is 0.0991 e. The minimum atomic E-state index is -0.602. The van der Waals surface area contributed by atoms with Crippen molar-refractivity contribution in [2.24, 2.45) is 5.41 Å². The first-order valence-electron chi connectivity index (χ1n) is 10.8. The van der Waals surface area contributed by atoms with Gasteiger partial charge in [-0.2, -0.15) is 10.5 Å². The van der Waals surface area contributed by atoms with E-state index in [0.29, 0.717) is 10.6 Å². The lowest BCUT2D eigenvalue weighted by molar-refractivity contribution is 0.281. The maximum atomic E-state index is 9.89. The van der Waals surface area contributed by atoms with Gasteiger partial charge in [0.2, 0.25) is 0 Å². The summed E-state index contributed by atoms with van der Waals surface area (Å²) in [7, 11) is 0. The molecule has 0 bridgehead atoms. The fourth-order valence-electron chi connectivity index (χ4n) is 4.11. The van der Waals surface area contributed by atoms with E-state index in [2.05, 4.69) is 42.6 Å². The average Bonchev–Trinajstić information content (AvgIpc) is 2.82. The number of nitriles is 2. The molecule has 0 aliphatic heterocycles. The molecule has 3 nitrogen and oxygen atoms in total. The molecular formula is C28H28ClN3. The molecule has 3 rings (SSSR count). The number of nitrogens with zero attached hydrogens (tertiary/aromatic N) is 2. The molecule has 3 aromatic rings. The Hall–Kier alpha value is -3.11. The van der Waals surface area contributed by atoms with Gasteiger partial charge in [-0.1, -0.05) is 66.2 Å². The van der Waals surface area contributed by atoms with Crippen LogP contribution in [-0.4, -0.2) is 6.04 Å². The molecule has 1 N–H and O–H groups in total. The summed E-state index contributed by atoms with van der Waals surface area (Å²) < 4.78 is 0. The topological polar surface area (TPSA) is 59.6 Å². The summed E-state index contributed by atoms with van der Waals surface area (Å²) in [6.45, 7) is 6.09.